The molecule has 9 heteroatoms. The fraction of sp³-hybridized carbons (Fsp3) is 0.227. The van der Waals surface area contributed by atoms with Gasteiger partial charge in [-0.15, -0.1) is 23.1 Å². The number of rotatable bonds is 8. The summed E-state index contributed by atoms with van der Waals surface area (Å²) in [6, 6.07) is 10.9. The quantitative estimate of drug-likeness (QED) is 0.385. The van der Waals surface area contributed by atoms with E-state index in [1.807, 2.05) is 43.5 Å². The second-order valence-corrected chi connectivity index (χ2v) is 8.88. The van der Waals surface area contributed by atoms with E-state index in [0.717, 1.165) is 5.56 Å². The van der Waals surface area contributed by atoms with E-state index < -0.39 is 0 Å². The fourth-order valence-corrected chi connectivity index (χ4v) is 4.77. The molecule has 7 nitrogen and oxygen atoms in total. The van der Waals surface area contributed by atoms with E-state index in [2.05, 4.69) is 15.3 Å². The number of nitrogens with one attached hydrogen (secondary N) is 2. The summed E-state index contributed by atoms with van der Waals surface area (Å²) in [5.74, 6) is 1.88. The van der Waals surface area contributed by atoms with Crippen molar-refractivity contribution < 1.29 is 13.9 Å². The molecule has 0 saturated heterocycles. The molecule has 0 aliphatic heterocycles. The molecule has 31 heavy (non-hydrogen) atoms. The average molecular weight is 456 g/mol. The van der Waals surface area contributed by atoms with Crippen molar-refractivity contribution in [1.82, 2.24) is 9.97 Å². The number of nitrogens with zero attached hydrogens (tertiary/aromatic N) is 1. The lowest BCUT2D eigenvalue weighted by molar-refractivity contribution is -0.113. The normalized spacial score (nSPS) is 12.1. The Hall–Kier alpha value is -3.04. The number of benzene rings is 1. The van der Waals surface area contributed by atoms with Gasteiger partial charge in [0.25, 0.3) is 5.56 Å². The number of ether oxygens (including phenoxy) is 1. The van der Waals surface area contributed by atoms with Crippen molar-refractivity contribution in [3.8, 4) is 17.1 Å². The highest BCUT2D eigenvalue weighted by Crippen LogP contribution is 2.33. The Morgan fingerprint density at radius 1 is 1.32 bits per heavy atom. The maximum absolute atomic E-state index is 12.7. The lowest BCUT2D eigenvalue weighted by atomic mass is 10.2. The molecule has 0 bridgehead atoms. The molecular formula is C22H21N3O4S2. The Kier molecular flexibility index (Phi) is 6.43. The average Bonchev–Trinajstić information content (AvgIpc) is 3.43. The number of thioether (sulfide) groups is 1. The number of amides is 1. The lowest BCUT2D eigenvalue weighted by Crippen LogP contribution is -2.17. The monoisotopic (exact) mass is 455 g/mol. The zero-order chi connectivity index (χ0) is 21.8. The molecule has 4 aromatic rings. The van der Waals surface area contributed by atoms with Gasteiger partial charge in [-0.05, 0) is 38.1 Å². The number of furan rings is 1. The Morgan fingerprint density at radius 3 is 2.94 bits per heavy atom. The van der Waals surface area contributed by atoms with Crippen LogP contribution in [0.4, 0.5) is 5.69 Å². The first-order chi connectivity index (χ1) is 15.1. The molecule has 1 aromatic carbocycles. The third-order valence-corrected chi connectivity index (χ3v) is 6.58. The van der Waals surface area contributed by atoms with Gasteiger partial charge in [-0.25, -0.2) is 4.98 Å². The van der Waals surface area contributed by atoms with Crippen LogP contribution in [-0.4, -0.2) is 28.2 Å². The standard InChI is InChI=1S/C22H21N3O4S2/c1-3-28-17-8-5-4-7-15(17)23-18(26)12-30-13(2)20-24-21(27)19-14(11-31-22(19)25-20)16-9-6-10-29-16/h4-11,13H,3,12H2,1-2H3,(H,23,26)(H,24,25,27)/t13-/m1/s1. The van der Waals surface area contributed by atoms with E-state index in [1.54, 1.807) is 18.4 Å². The predicted octanol–water partition coefficient (Wildman–Crippen LogP) is 5.08. The van der Waals surface area contributed by atoms with Crippen LogP contribution in [0.1, 0.15) is 24.9 Å². The van der Waals surface area contributed by atoms with Gasteiger partial charge in [0.15, 0.2) is 0 Å². The molecule has 0 spiro atoms. The van der Waals surface area contributed by atoms with Crippen molar-refractivity contribution in [3.05, 3.63) is 64.2 Å². The number of aromatic amines is 1. The number of carbonyl (C=O) groups is 1. The Balaban J connectivity index is 1.45. The van der Waals surface area contributed by atoms with E-state index in [-0.39, 0.29) is 22.5 Å². The minimum atomic E-state index is -0.213. The van der Waals surface area contributed by atoms with Gasteiger partial charge in [0, 0.05) is 10.9 Å². The number of hydrogen-bond donors (Lipinski definition) is 2. The van der Waals surface area contributed by atoms with Crippen LogP contribution in [0, 0.1) is 0 Å². The Bertz CT molecular complexity index is 1250. The van der Waals surface area contributed by atoms with E-state index in [0.29, 0.717) is 39.8 Å². The molecule has 4 rings (SSSR count). The van der Waals surface area contributed by atoms with E-state index >= 15 is 0 Å². The third kappa shape index (κ3) is 4.67. The molecule has 0 saturated carbocycles. The van der Waals surface area contributed by atoms with Gasteiger partial charge < -0.3 is 19.5 Å². The van der Waals surface area contributed by atoms with Crippen molar-refractivity contribution in [2.45, 2.75) is 19.1 Å². The first kappa shape index (κ1) is 21.2. The van der Waals surface area contributed by atoms with E-state index in [9.17, 15) is 9.59 Å². The van der Waals surface area contributed by atoms with Crippen LogP contribution in [0.5, 0.6) is 5.75 Å². The van der Waals surface area contributed by atoms with Crippen LogP contribution >= 0.6 is 23.1 Å². The highest BCUT2D eigenvalue weighted by molar-refractivity contribution is 8.00. The van der Waals surface area contributed by atoms with Crippen molar-refractivity contribution in [3.63, 3.8) is 0 Å². The fourth-order valence-electron chi connectivity index (χ4n) is 3.09. The summed E-state index contributed by atoms with van der Waals surface area (Å²) in [4.78, 5) is 33.3. The molecule has 160 valence electrons. The second kappa shape index (κ2) is 9.40. The van der Waals surface area contributed by atoms with Crippen LogP contribution in [-0.2, 0) is 4.79 Å². The molecule has 0 fully saturated rings. The molecule has 3 aromatic heterocycles. The first-order valence-electron chi connectivity index (χ1n) is 9.75. The van der Waals surface area contributed by atoms with Crippen LogP contribution in [0.15, 0.2) is 57.3 Å². The van der Waals surface area contributed by atoms with Crippen molar-refractivity contribution >= 4 is 44.9 Å². The summed E-state index contributed by atoms with van der Waals surface area (Å²) in [5.41, 5.74) is 1.16. The van der Waals surface area contributed by atoms with Crippen molar-refractivity contribution in [1.29, 1.82) is 0 Å². The highest BCUT2D eigenvalue weighted by Gasteiger charge is 2.18. The van der Waals surface area contributed by atoms with Gasteiger partial charge in [0.2, 0.25) is 5.91 Å². The topological polar surface area (TPSA) is 97.2 Å². The molecular weight excluding hydrogens is 434 g/mol. The zero-order valence-electron chi connectivity index (χ0n) is 17.0. The van der Waals surface area contributed by atoms with Gasteiger partial charge in [0.05, 0.1) is 34.9 Å². The molecule has 0 aliphatic carbocycles. The number of fused-ring (bicyclic) bond motifs is 1. The summed E-state index contributed by atoms with van der Waals surface area (Å²) in [6.45, 7) is 4.33. The van der Waals surface area contributed by atoms with Gasteiger partial charge in [-0.3, -0.25) is 9.59 Å². The molecule has 0 aliphatic rings. The Morgan fingerprint density at radius 2 is 2.16 bits per heavy atom. The van der Waals surface area contributed by atoms with Crippen molar-refractivity contribution in [2.24, 2.45) is 0 Å². The summed E-state index contributed by atoms with van der Waals surface area (Å²) in [5, 5.41) is 5.10. The predicted molar refractivity (Wildman–Crippen MR) is 125 cm³/mol. The summed E-state index contributed by atoms with van der Waals surface area (Å²) < 4.78 is 11.0. The minimum absolute atomic E-state index is 0.149. The zero-order valence-corrected chi connectivity index (χ0v) is 18.6. The van der Waals surface area contributed by atoms with Crippen LogP contribution in [0.3, 0.4) is 0 Å². The highest BCUT2D eigenvalue weighted by atomic mass is 32.2. The summed E-state index contributed by atoms with van der Waals surface area (Å²) in [7, 11) is 0. The van der Waals surface area contributed by atoms with Gasteiger partial charge in [0.1, 0.15) is 22.2 Å². The van der Waals surface area contributed by atoms with Crippen molar-refractivity contribution in [2.75, 3.05) is 17.7 Å². The minimum Gasteiger partial charge on any atom is -0.492 e. The number of hydrogen-bond acceptors (Lipinski definition) is 7. The first-order valence-corrected chi connectivity index (χ1v) is 11.7. The maximum atomic E-state index is 12.7. The van der Waals surface area contributed by atoms with Crippen LogP contribution in [0.2, 0.25) is 0 Å². The number of aromatic nitrogens is 2. The largest absolute Gasteiger partial charge is 0.492 e. The van der Waals surface area contributed by atoms with Gasteiger partial charge in [-0.2, -0.15) is 0 Å². The third-order valence-electron chi connectivity index (χ3n) is 4.56. The number of carbonyl (C=O) groups excluding carboxylic acids is 1. The number of thiophene rings is 1. The summed E-state index contributed by atoms with van der Waals surface area (Å²) >= 11 is 2.80. The van der Waals surface area contributed by atoms with E-state index in [4.69, 9.17) is 9.15 Å². The molecule has 2 N–H and O–H groups in total. The van der Waals surface area contributed by atoms with Gasteiger partial charge in [-0.1, -0.05) is 12.1 Å². The number of anilines is 1. The number of para-hydroxylation sites is 2. The van der Waals surface area contributed by atoms with Crippen LogP contribution in [0.25, 0.3) is 21.5 Å². The second-order valence-electron chi connectivity index (χ2n) is 6.69. The maximum Gasteiger partial charge on any atom is 0.260 e. The number of H-pyrrole nitrogens is 1. The molecule has 1 amide bonds. The summed E-state index contributed by atoms with van der Waals surface area (Å²) in [6.07, 6.45) is 1.57. The van der Waals surface area contributed by atoms with Gasteiger partial charge >= 0.3 is 0 Å². The van der Waals surface area contributed by atoms with E-state index in [1.165, 1.54) is 23.1 Å². The molecule has 3 heterocycles. The molecule has 0 unspecified atom stereocenters. The van der Waals surface area contributed by atoms with Crippen LogP contribution < -0.4 is 15.6 Å². The SMILES string of the molecule is CCOc1ccccc1NC(=O)CS[C@H](C)c1nc2scc(-c3ccco3)c2c(=O)[nH]1. The Labute approximate surface area is 186 Å². The smallest absolute Gasteiger partial charge is 0.260 e. The molecule has 0 radical (unpaired) electrons. The molecule has 1 atom stereocenters. The lowest BCUT2D eigenvalue weighted by Gasteiger charge is -2.13.